The predicted octanol–water partition coefficient (Wildman–Crippen LogP) is 3.21. The number of anilines is 1. The van der Waals surface area contributed by atoms with Crippen LogP contribution in [-0.4, -0.2) is 18.2 Å². The number of nitrogens with one attached hydrogen (secondary N) is 1. The zero-order valence-corrected chi connectivity index (χ0v) is 10.5. The SMILES string of the molecule is CC1CC(C#N)(Nc2ccccc2Cl)CCO1. The Kier molecular flexibility index (Phi) is 3.56. The Morgan fingerprint density at radius 2 is 2.29 bits per heavy atom. The number of ether oxygens (including phenoxy) is 1. The van der Waals surface area contributed by atoms with Gasteiger partial charge in [-0.1, -0.05) is 23.7 Å². The second kappa shape index (κ2) is 4.95. The number of halogens is 1. The van der Waals surface area contributed by atoms with Crippen molar-refractivity contribution in [2.75, 3.05) is 11.9 Å². The molecule has 3 nitrogen and oxygen atoms in total. The van der Waals surface area contributed by atoms with Crippen molar-refractivity contribution in [2.45, 2.75) is 31.4 Å². The normalized spacial score (nSPS) is 28.4. The van der Waals surface area contributed by atoms with Crippen LogP contribution in [0.1, 0.15) is 19.8 Å². The van der Waals surface area contributed by atoms with Crippen molar-refractivity contribution in [3.8, 4) is 6.07 Å². The first kappa shape index (κ1) is 12.2. The molecule has 4 heteroatoms. The van der Waals surface area contributed by atoms with Gasteiger partial charge in [-0.3, -0.25) is 0 Å². The molecule has 1 heterocycles. The average Bonchev–Trinajstić information content (AvgIpc) is 2.32. The fraction of sp³-hybridized carbons (Fsp3) is 0.462. The lowest BCUT2D eigenvalue weighted by Gasteiger charge is -2.36. The molecule has 1 aromatic carbocycles. The van der Waals surface area contributed by atoms with Crippen LogP contribution >= 0.6 is 11.6 Å². The third-order valence-electron chi connectivity index (χ3n) is 3.03. The van der Waals surface area contributed by atoms with Crippen LogP contribution in [0, 0.1) is 11.3 Å². The largest absolute Gasteiger partial charge is 0.378 e. The van der Waals surface area contributed by atoms with Crippen molar-refractivity contribution in [3.05, 3.63) is 29.3 Å². The predicted molar refractivity (Wildman–Crippen MR) is 68.1 cm³/mol. The van der Waals surface area contributed by atoms with Crippen molar-refractivity contribution in [3.63, 3.8) is 0 Å². The second-order valence-corrected chi connectivity index (χ2v) is 4.84. The van der Waals surface area contributed by atoms with E-state index in [2.05, 4.69) is 11.4 Å². The highest BCUT2D eigenvalue weighted by Gasteiger charge is 2.36. The molecule has 2 atom stereocenters. The van der Waals surface area contributed by atoms with E-state index in [0.29, 0.717) is 24.5 Å². The lowest BCUT2D eigenvalue weighted by atomic mass is 9.88. The molecule has 1 aromatic rings. The molecule has 2 rings (SSSR count). The molecule has 1 saturated heterocycles. The summed E-state index contributed by atoms with van der Waals surface area (Å²) in [7, 11) is 0. The summed E-state index contributed by atoms with van der Waals surface area (Å²) in [6.45, 7) is 2.59. The Balaban J connectivity index is 2.20. The van der Waals surface area contributed by atoms with Crippen LogP contribution in [0.25, 0.3) is 0 Å². The fourth-order valence-electron chi connectivity index (χ4n) is 2.15. The molecule has 0 amide bonds. The summed E-state index contributed by atoms with van der Waals surface area (Å²) in [4.78, 5) is 0. The minimum Gasteiger partial charge on any atom is -0.378 e. The maximum Gasteiger partial charge on any atom is 0.130 e. The van der Waals surface area contributed by atoms with Gasteiger partial charge in [-0.05, 0) is 19.1 Å². The summed E-state index contributed by atoms with van der Waals surface area (Å²) >= 11 is 6.10. The maximum absolute atomic E-state index is 9.40. The van der Waals surface area contributed by atoms with Crippen LogP contribution < -0.4 is 5.32 Å². The smallest absolute Gasteiger partial charge is 0.130 e. The monoisotopic (exact) mass is 250 g/mol. The van der Waals surface area contributed by atoms with E-state index in [1.165, 1.54) is 0 Å². The van der Waals surface area contributed by atoms with E-state index in [4.69, 9.17) is 16.3 Å². The third kappa shape index (κ3) is 2.71. The first-order valence-corrected chi connectivity index (χ1v) is 6.08. The molecular formula is C13H15ClN2O. The highest BCUT2D eigenvalue weighted by Crippen LogP contribution is 2.31. The van der Waals surface area contributed by atoms with E-state index < -0.39 is 5.54 Å². The molecule has 17 heavy (non-hydrogen) atoms. The van der Waals surface area contributed by atoms with Gasteiger partial charge < -0.3 is 10.1 Å². The van der Waals surface area contributed by atoms with Crippen LogP contribution in [0.3, 0.4) is 0 Å². The molecular weight excluding hydrogens is 236 g/mol. The fourth-order valence-corrected chi connectivity index (χ4v) is 2.33. The number of rotatable bonds is 2. The quantitative estimate of drug-likeness (QED) is 0.877. The lowest BCUT2D eigenvalue weighted by Crippen LogP contribution is -2.45. The Morgan fingerprint density at radius 1 is 1.53 bits per heavy atom. The number of nitrogens with zero attached hydrogens (tertiary/aromatic N) is 1. The number of hydrogen-bond acceptors (Lipinski definition) is 3. The number of para-hydroxylation sites is 1. The summed E-state index contributed by atoms with van der Waals surface area (Å²) in [5.74, 6) is 0. The van der Waals surface area contributed by atoms with Gasteiger partial charge in [0.15, 0.2) is 0 Å². The Morgan fingerprint density at radius 3 is 2.94 bits per heavy atom. The molecule has 0 radical (unpaired) electrons. The van der Waals surface area contributed by atoms with E-state index in [0.717, 1.165) is 5.69 Å². The highest BCUT2D eigenvalue weighted by atomic mass is 35.5. The molecule has 0 aliphatic carbocycles. The van der Waals surface area contributed by atoms with E-state index in [9.17, 15) is 5.26 Å². The van der Waals surface area contributed by atoms with E-state index in [1.807, 2.05) is 31.2 Å². The molecule has 90 valence electrons. The number of benzene rings is 1. The van der Waals surface area contributed by atoms with Gasteiger partial charge >= 0.3 is 0 Å². The third-order valence-corrected chi connectivity index (χ3v) is 3.36. The first-order valence-electron chi connectivity index (χ1n) is 5.71. The lowest BCUT2D eigenvalue weighted by molar-refractivity contribution is 0.0103. The summed E-state index contributed by atoms with van der Waals surface area (Å²) in [5.41, 5.74) is 0.243. The number of nitriles is 1. The maximum atomic E-state index is 9.40. The molecule has 0 saturated carbocycles. The van der Waals surface area contributed by atoms with Crippen LogP contribution in [-0.2, 0) is 4.74 Å². The topological polar surface area (TPSA) is 45.0 Å². The Labute approximate surface area is 106 Å². The molecule has 2 unspecified atom stereocenters. The summed E-state index contributed by atoms with van der Waals surface area (Å²) in [6, 6.07) is 9.86. The standard InChI is InChI=1S/C13H15ClN2O/c1-10-8-13(9-15,6-7-17-10)16-12-5-3-2-4-11(12)14/h2-5,10,16H,6-8H2,1H3. The Bertz CT molecular complexity index is 443. The van der Waals surface area contributed by atoms with Gasteiger partial charge in [-0.15, -0.1) is 0 Å². The summed E-state index contributed by atoms with van der Waals surface area (Å²) < 4.78 is 5.48. The highest BCUT2D eigenvalue weighted by molar-refractivity contribution is 6.33. The van der Waals surface area contributed by atoms with E-state index in [1.54, 1.807) is 0 Å². The van der Waals surface area contributed by atoms with Gasteiger partial charge in [-0.2, -0.15) is 5.26 Å². The molecule has 1 aliphatic heterocycles. The molecule has 0 spiro atoms. The summed E-state index contributed by atoms with van der Waals surface area (Å²) in [6.07, 6.45) is 1.45. The average molecular weight is 251 g/mol. The summed E-state index contributed by atoms with van der Waals surface area (Å²) in [5, 5.41) is 13.3. The molecule has 1 aliphatic rings. The van der Waals surface area contributed by atoms with Crippen molar-refractivity contribution >= 4 is 17.3 Å². The molecule has 0 bridgehead atoms. The van der Waals surface area contributed by atoms with Crippen molar-refractivity contribution in [2.24, 2.45) is 0 Å². The van der Waals surface area contributed by atoms with Gasteiger partial charge in [0.1, 0.15) is 5.54 Å². The van der Waals surface area contributed by atoms with Crippen LogP contribution in [0.4, 0.5) is 5.69 Å². The minimum absolute atomic E-state index is 0.0957. The van der Waals surface area contributed by atoms with Crippen molar-refractivity contribution in [1.82, 2.24) is 0 Å². The minimum atomic E-state index is -0.567. The van der Waals surface area contributed by atoms with E-state index >= 15 is 0 Å². The second-order valence-electron chi connectivity index (χ2n) is 4.43. The van der Waals surface area contributed by atoms with Crippen molar-refractivity contribution < 1.29 is 4.74 Å². The number of hydrogen-bond donors (Lipinski definition) is 1. The molecule has 0 aromatic heterocycles. The zero-order valence-electron chi connectivity index (χ0n) is 9.74. The Hall–Kier alpha value is -1.24. The zero-order chi connectivity index (χ0) is 12.3. The van der Waals surface area contributed by atoms with Crippen molar-refractivity contribution in [1.29, 1.82) is 5.26 Å². The van der Waals surface area contributed by atoms with Gasteiger partial charge in [0.25, 0.3) is 0 Å². The first-order chi connectivity index (χ1) is 8.15. The van der Waals surface area contributed by atoms with Crippen LogP contribution in [0.15, 0.2) is 24.3 Å². The van der Waals surface area contributed by atoms with Gasteiger partial charge in [0.05, 0.1) is 29.5 Å². The van der Waals surface area contributed by atoms with Gasteiger partial charge in [0.2, 0.25) is 0 Å². The van der Waals surface area contributed by atoms with Crippen LogP contribution in [0.5, 0.6) is 0 Å². The van der Waals surface area contributed by atoms with E-state index in [-0.39, 0.29) is 6.10 Å². The molecule has 1 N–H and O–H groups in total. The van der Waals surface area contributed by atoms with Gasteiger partial charge in [0, 0.05) is 12.8 Å². The van der Waals surface area contributed by atoms with Crippen LogP contribution in [0.2, 0.25) is 5.02 Å². The molecule has 1 fully saturated rings. The van der Waals surface area contributed by atoms with Gasteiger partial charge in [-0.25, -0.2) is 0 Å².